The maximum absolute atomic E-state index is 5.65. The van der Waals surface area contributed by atoms with Crippen molar-refractivity contribution in [2.75, 3.05) is 13.7 Å². The van der Waals surface area contributed by atoms with Gasteiger partial charge in [0.05, 0.1) is 6.61 Å². The highest BCUT2D eigenvalue weighted by Crippen LogP contribution is 2.33. The van der Waals surface area contributed by atoms with Crippen LogP contribution in [0.5, 0.6) is 5.75 Å². The van der Waals surface area contributed by atoms with Crippen LogP contribution in [0, 0.1) is 0 Å². The summed E-state index contributed by atoms with van der Waals surface area (Å²) in [5.41, 5.74) is 4.01. The average molecular weight is 259 g/mol. The second-order valence-corrected chi connectivity index (χ2v) is 5.54. The molecule has 0 fully saturated rings. The van der Waals surface area contributed by atoms with Gasteiger partial charge < -0.3 is 10.1 Å². The SMILES string of the molecule is CNCc1csc(-c2ccc3c(c2)CCCO3)c1. The predicted octanol–water partition coefficient (Wildman–Crippen LogP) is 3.46. The summed E-state index contributed by atoms with van der Waals surface area (Å²) in [5.74, 6) is 1.07. The molecule has 0 saturated heterocycles. The van der Waals surface area contributed by atoms with Crippen LogP contribution in [0.4, 0.5) is 0 Å². The van der Waals surface area contributed by atoms with Crippen LogP contribution in [0.3, 0.4) is 0 Å². The quantitative estimate of drug-likeness (QED) is 0.911. The summed E-state index contributed by atoms with van der Waals surface area (Å²) in [6, 6.07) is 8.83. The van der Waals surface area contributed by atoms with E-state index in [4.69, 9.17) is 4.74 Å². The molecule has 0 atom stereocenters. The van der Waals surface area contributed by atoms with Crippen molar-refractivity contribution in [1.29, 1.82) is 0 Å². The molecule has 0 saturated carbocycles. The molecule has 0 radical (unpaired) electrons. The van der Waals surface area contributed by atoms with Crippen molar-refractivity contribution >= 4 is 11.3 Å². The van der Waals surface area contributed by atoms with Crippen LogP contribution < -0.4 is 10.1 Å². The smallest absolute Gasteiger partial charge is 0.122 e. The minimum Gasteiger partial charge on any atom is -0.493 e. The largest absolute Gasteiger partial charge is 0.493 e. The molecule has 1 aromatic carbocycles. The summed E-state index contributed by atoms with van der Waals surface area (Å²) in [7, 11) is 1.98. The van der Waals surface area contributed by atoms with Gasteiger partial charge in [0.2, 0.25) is 0 Å². The van der Waals surface area contributed by atoms with Crippen molar-refractivity contribution in [3.05, 3.63) is 40.8 Å². The van der Waals surface area contributed by atoms with Gasteiger partial charge in [0.25, 0.3) is 0 Å². The van der Waals surface area contributed by atoms with Gasteiger partial charge in [-0.3, -0.25) is 0 Å². The lowest BCUT2D eigenvalue weighted by atomic mass is 10.0. The topological polar surface area (TPSA) is 21.3 Å². The van der Waals surface area contributed by atoms with Crippen molar-refractivity contribution in [3.63, 3.8) is 0 Å². The Morgan fingerprint density at radius 1 is 1.33 bits per heavy atom. The van der Waals surface area contributed by atoms with Crippen LogP contribution in [0.25, 0.3) is 10.4 Å². The van der Waals surface area contributed by atoms with E-state index in [0.29, 0.717) is 0 Å². The summed E-state index contributed by atoms with van der Waals surface area (Å²) >= 11 is 1.81. The molecule has 1 aliphatic rings. The van der Waals surface area contributed by atoms with Crippen LogP contribution in [-0.4, -0.2) is 13.7 Å². The zero-order valence-electron chi connectivity index (χ0n) is 10.5. The maximum atomic E-state index is 5.65. The lowest BCUT2D eigenvalue weighted by molar-refractivity contribution is 0.288. The summed E-state index contributed by atoms with van der Waals surface area (Å²) in [5, 5.41) is 5.41. The first-order chi connectivity index (χ1) is 8.86. The number of thiophene rings is 1. The third-order valence-corrected chi connectivity index (χ3v) is 4.26. The van der Waals surface area contributed by atoms with Gasteiger partial charge in [-0.1, -0.05) is 0 Å². The number of aryl methyl sites for hydroxylation is 1. The first-order valence-corrected chi connectivity index (χ1v) is 7.23. The van der Waals surface area contributed by atoms with Gasteiger partial charge in [-0.05, 0) is 66.2 Å². The van der Waals surface area contributed by atoms with Gasteiger partial charge in [0.15, 0.2) is 0 Å². The van der Waals surface area contributed by atoms with E-state index in [1.165, 1.54) is 21.6 Å². The predicted molar refractivity (Wildman–Crippen MR) is 76.3 cm³/mol. The number of nitrogens with one attached hydrogen (secondary N) is 1. The Morgan fingerprint density at radius 2 is 2.28 bits per heavy atom. The lowest BCUT2D eigenvalue weighted by Gasteiger charge is -2.17. The van der Waals surface area contributed by atoms with Crippen molar-refractivity contribution in [3.8, 4) is 16.2 Å². The molecule has 0 aliphatic carbocycles. The molecular formula is C15H17NOS. The summed E-state index contributed by atoms with van der Waals surface area (Å²) in [6.07, 6.45) is 2.27. The van der Waals surface area contributed by atoms with E-state index in [1.807, 2.05) is 18.4 Å². The second kappa shape index (κ2) is 5.12. The Morgan fingerprint density at radius 3 is 3.17 bits per heavy atom. The van der Waals surface area contributed by atoms with E-state index in [1.54, 1.807) is 0 Å². The van der Waals surface area contributed by atoms with Gasteiger partial charge >= 0.3 is 0 Å². The lowest BCUT2D eigenvalue weighted by Crippen LogP contribution is -2.07. The molecule has 3 heteroatoms. The highest BCUT2D eigenvalue weighted by molar-refractivity contribution is 7.13. The molecule has 0 unspecified atom stereocenters. The fourth-order valence-electron chi connectivity index (χ4n) is 2.34. The van der Waals surface area contributed by atoms with Crippen LogP contribution in [0.15, 0.2) is 29.6 Å². The van der Waals surface area contributed by atoms with Crippen molar-refractivity contribution < 1.29 is 4.74 Å². The summed E-state index contributed by atoms with van der Waals surface area (Å²) < 4.78 is 5.65. The number of hydrogen-bond donors (Lipinski definition) is 1. The fourth-order valence-corrected chi connectivity index (χ4v) is 3.25. The summed E-state index contributed by atoms with van der Waals surface area (Å²) in [6.45, 7) is 1.79. The molecule has 18 heavy (non-hydrogen) atoms. The Bertz CT molecular complexity index is 547. The van der Waals surface area contributed by atoms with Crippen molar-refractivity contribution in [1.82, 2.24) is 5.32 Å². The van der Waals surface area contributed by atoms with Crippen molar-refractivity contribution in [2.45, 2.75) is 19.4 Å². The highest BCUT2D eigenvalue weighted by atomic mass is 32.1. The Balaban J connectivity index is 1.91. The van der Waals surface area contributed by atoms with E-state index in [9.17, 15) is 0 Å². The van der Waals surface area contributed by atoms with E-state index in [2.05, 4.69) is 35.0 Å². The Hall–Kier alpha value is -1.32. The number of hydrogen-bond acceptors (Lipinski definition) is 3. The van der Waals surface area contributed by atoms with Gasteiger partial charge in [-0.25, -0.2) is 0 Å². The van der Waals surface area contributed by atoms with Crippen LogP contribution in [0.2, 0.25) is 0 Å². The monoisotopic (exact) mass is 259 g/mol. The molecule has 1 aliphatic heterocycles. The molecule has 2 aromatic rings. The average Bonchev–Trinajstić information content (AvgIpc) is 2.87. The molecule has 3 rings (SSSR count). The Kier molecular flexibility index (Phi) is 3.35. The van der Waals surface area contributed by atoms with E-state index < -0.39 is 0 Å². The van der Waals surface area contributed by atoms with Crippen LogP contribution >= 0.6 is 11.3 Å². The Labute approximate surface area is 112 Å². The van der Waals surface area contributed by atoms with Gasteiger partial charge in [-0.15, -0.1) is 11.3 Å². The fraction of sp³-hybridized carbons (Fsp3) is 0.333. The molecule has 2 nitrogen and oxygen atoms in total. The highest BCUT2D eigenvalue weighted by Gasteiger charge is 2.11. The van der Waals surface area contributed by atoms with Gasteiger partial charge in [-0.2, -0.15) is 0 Å². The van der Waals surface area contributed by atoms with Gasteiger partial charge in [0.1, 0.15) is 5.75 Å². The standard InChI is InChI=1S/C15H17NOS/c1-16-9-11-7-15(18-10-11)13-4-5-14-12(8-13)3-2-6-17-14/h4-5,7-8,10,16H,2-3,6,9H2,1H3. The molecular weight excluding hydrogens is 242 g/mol. The number of benzene rings is 1. The van der Waals surface area contributed by atoms with Crippen LogP contribution in [-0.2, 0) is 13.0 Å². The van der Waals surface area contributed by atoms with Gasteiger partial charge in [0, 0.05) is 11.4 Å². The zero-order chi connectivity index (χ0) is 12.4. The third kappa shape index (κ3) is 2.28. The summed E-state index contributed by atoms with van der Waals surface area (Å²) in [4.78, 5) is 1.34. The first kappa shape index (κ1) is 11.8. The minimum absolute atomic E-state index is 0.859. The van der Waals surface area contributed by atoms with E-state index in [-0.39, 0.29) is 0 Å². The molecule has 0 spiro atoms. The third-order valence-electron chi connectivity index (χ3n) is 3.23. The molecule has 1 aromatic heterocycles. The van der Waals surface area contributed by atoms with Crippen molar-refractivity contribution in [2.24, 2.45) is 0 Å². The molecule has 2 heterocycles. The van der Waals surface area contributed by atoms with Crippen LogP contribution in [0.1, 0.15) is 17.5 Å². The maximum Gasteiger partial charge on any atom is 0.122 e. The van der Waals surface area contributed by atoms with E-state index >= 15 is 0 Å². The number of ether oxygens (including phenoxy) is 1. The number of rotatable bonds is 3. The normalized spacial score (nSPS) is 14.1. The number of fused-ring (bicyclic) bond motifs is 1. The zero-order valence-corrected chi connectivity index (χ0v) is 11.3. The first-order valence-electron chi connectivity index (χ1n) is 6.35. The second-order valence-electron chi connectivity index (χ2n) is 4.62. The molecule has 0 amide bonds. The minimum atomic E-state index is 0.859. The molecule has 0 bridgehead atoms. The molecule has 94 valence electrons. The van der Waals surface area contributed by atoms with E-state index in [0.717, 1.165) is 31.7 Å². The molecule has 1 N–H and O–H groups in total.